The van der Waals surface area contributed by atoms with E-state index in [0.29, 0.717) is 61.7 Å². The van der Waals surface area contributed by atoms with E-state index in [2.05, 4.69) is 21.2 Å². The van der Waals surface area contributed by atoms with E-state index in [4.69, 9.17) is 14.2 Å². The van der Waals surface area contributed by atoms with Gasteiger partial charge in [0.25, 0.3) is 5.91 Å². The second-order valence-electron chi connectivity index (χ2n) is 9.66. The quantitative estimate of drug-likeness (QED) is 0.446. The molecule has 2 fully saturated rings. The van der Waals surface area contributed by atoms with Gasteiger partial charge in [-0.15, -0.1) is 0 Å². The maximum atomic E-state index is 14.1. The monoisotopic (exact) mass is 548 g/mol. The number of carbonyl (C=O) groups is 1. The molecule has 8 nitrogen and oxygen atoms in total. The fourth-order valence-electron chi connectivity index (χ4n) is 5.03. The molecular formula is C30H30F2N4O4. The molecule has 0 aromatic heterocycles. The number of carbonyl (C=O) groups excluding carboxylic acids is 1. The minimum atomic E-state index is -0.729. The average Bonchev–Trinajstić information content (AvgIpc) is 2.99. The van der Waals surface area contributed by atoms with Crippen LogP contribution in [0.5, 0.6) is 11.5 Å². The molecule has 1 amide bonds. The van der Waals surface area contributed by atoms with Gasteiger partial charge >= 0.3 is 0 Å². The second-order valence-corrected chi connectivity index (χ2v) is 9.66. The first kappa shape index (κ1) is 27.2. The van der Waals surface area contributed by atoms with E-state index in [1.807, 2.05) is 18.2 Å². The molecule has 1 N–H and O–H groups in total. The average molecular weight is 549 g/mol. The van der Waals surface area contributed by atoms with Crippen molar-refractivity contribution in [3.63, 3.8) is 0 Å². The van der Waals surface area contributed by atoms with E-state index in [0.717, 1.165) is 30.5 Å². The Morgan fingerprint density at radius 2 is 1.73 bits per heavy atom. The van der Waals surface area contributed by atoms with Crippen molar-refractivity contribution in [3.8, 4) is 17.6 Å². The Bertz CT molecular complexity index is 1410. The number of piperidine rings is 1. The number of hydrogen-bond donors (Lipinski definition) is 1. The SMILES string of the molecule is COc1ccc(N2CCOCC2)cc1C(=O)Nc1cc(C#N)ccc1N1CCC(Oc2ccc(F)cc2F)CC1. The van der Waals surface area contributed by atoms with Gasteiger partial charge in [-0.25, -0.2) is 8.78 Å². The summed E-state index contributed by atoms with van der Waals surface area (Å²) in [6.45, 7) is 3.87. The number of halogens is 2. The van der Waals surface area contributed by atoms with Gasteiger partial charge in [-0.3, -0.25) is 4.79 Å². The van der Waals surface area contributed by atoms with E-state index in [1.165, 1.54) is 19.2 Å². The summed E-state index contributed by atoms with van der Waals surface area (Å²) in [6.07, 6.45) is 0.957. The number of anilines is 3. The second kappa shape index (κ2) is 12.2. The van der Waals surface area contributed by atoms with Gasteiger partial charge < -0.3 is 29.3 Å². The molecule has 0 saturated carbocycles. The number of hydrogen-bond acceptors (Lipinski definition) is 7. The van der Waals surface area contributed by atoms with Gasteiger partial charge in [0.15, 0.2) is 11.6 Å². The number of benzene rings is 3. The van der Waals surface area contributed by atoms with Crippen molar-refractivity contribution in [3.05, 3.63) is 77.4 Å². The molecule has 0 spiro atoms. The summed E-state index contributed by atoms with van der Waals surface area (Å²) < 4.78 is 44.0. The van der Waals surface area contributed by atoms with Crippen molar-refractivity contribution < 1.29 is 27.8 Å². The van der Waals surface area contributed by atoms with Crippen molar-refractivity contribution in [2.75, 3.05) is 61.6 Å². The topological polar surface area (TPSA) is 87.1 Å². The van der Waals surface area contributed by atoms with Crippen LogP contribution in [-0.2, 0) is 4.74 Å². The first-order valence-corrected chi connectivity index (χ1v) is 13.2. The minimum Gasteiger partial charge on any atom is -0.496 e. The maximum absolute atomic E-state index is 14.1. The van der Waals surface area contributed by atoms with Crippen LogP contribution in [0.4, 0.5) is 25.8 Å². The number of amides is 1. The van der Waals surface area contributed by atoms with Crippen molar-refractivity contribution >= 4 is 23.0 Å². The predicted molar refractivity (Wildman–Crippen MR) is 147 cm³/mol. The van der Waals surface area contributed by atoms with Crippen molar-refractivity contribution in [2.45, 2.75) is 18.9 Å². The van der Waals surface area contributed by atoms with Gasteiger partial charge in [0.1, 0.15) is 17.7 Å². The van der Waals surface area contributed by atoms with Gasteiger partial charge in [0.05, 0.1) is 48.9 Å². The lowest BCUT2D eigenvalue weighted by Crippen LogP contribution is -2.38. The highest BCUT2D eigenvalue weighted by molar-refractivity contribution is 6.08. The summed E-state index contributed by atoms with van der Waals surface area (Å²) in [5.74, 6) is -1.26. The van der Waals surface area contributed by atoms with Gasteiger partial charge in [-0.2, -0.15) is 5.26 Å². The largest absolute Gasteiger partial charge is 0.496 e. The molecule has 40 heavy (non-hydrogen) atoms. The first-order valence-electron chi connectivity index (χ1n) is 13.2. The molecule has 0 unspecified atom stereocenters. The maximum Gasteiger partial charge on any atom is 0.259 e. The Labute approximate surface area is 231 Å². The molecule has 0 radical (unpaired) electrons. The van der Waals surface area contributed by atoms with Crippen LogP contribution in [0.25, 0.3) is 0 Å². The van der Waals surface area contributed by atoms with E-state index < -0.39 is 11.6 Å². The zero-order valence-corrected chi connectivity index (χ0v) is 22.2. The fourth-order valence-corrected chi connectivity index (χ4v) is 5.03. The summed E-state index contributed by atoms with van der Waals surface area (Å²) in [6, 6.07) is 16.1. The standard InChI is InChI=1S/C30H30F2N4O4/c1-38-28-7-4-22(35-12-14-39-15-13-35)18-24(28)30(37)34-26-16-20(19-33)2-5-27(26)36-10-8-23(9-11-36)40-29-6-3-21(31)17-25(29)32/h2-7,16-18,23H,8-15H2,1H3,(H,34,37). The Morgan fingerprint density at radius 1 is 0.975 bits per heavy atom. The Hall–Kier alpha value is -4.36. The van der Waals surface area contributed by atoms with Crippen LogP contribution in [-0.4, -0.2) is 58.5 Å². The molecule has 0 aliphatic carbocycles. The number of rotatable bonds is 7. The number of ether oxygens (including phenoxy) is 3. The Kier molecular flexibility index (Phi) is 8.31. The van der Waals surface area contributed by atoms with Gasteiger partial charge in [0, 0.05) is 50.8 Å². The zero-order chi connectivity index (χ0) is 28.1. The van der Waals surface area contributed by atoms with Crippen LogP contribution in [0.15, 0.2) is 54.6 Å². The highest BCUT2D eigenvalue weighted by atomic mass is 19.1. The van der Waals surface area contributed by atoms with Crippen molar-refractivity contribution in [1.29, 1.82) is 5.26 Å². The molecule has 0 bridgehead atoms. The number of nitriles is 1. The van der Waals surface area contributed by atoms with Crippen LogP contribution in [0.1, 0.15) is 28.8 Å². The fraction of sp³-hybridized carbons (Fsp3) is 0.333. The third kappa shape index (κ3) is 6.10. The molecule has 10 heteroatoms. The molecule has 2 aliphatic heterocycles. The van der Waals surface area contributed by atoms with Gasteiger partial charge in [-0.05, 0) is 48.5 Å². The smallest absolute Gasteiger partial charge is 0.259 e. The van der Waals surface area contributed by atoms with E-state index in [1.54, 1.807) is 18.2 Å². The van der Waals surface area contributed by atoms with Crippen LogP contribution in [0, 0.1) is 23.0 Å². The number of nitrogens with zero attached hydrogens (tertiary/aromatic N) is 3. The summed E-state index contributed by atoms with van der Waals surface area (Å²) in [4.78, 5) is 17.8. The number of morpholine rings is 1. The molecule has 2 heterocycles. The number of methoxy groups -OCH3 is 1. The summed E-state index contributed by atoms with van der Waals surface area (Å²) >= 11 is 0. The third-order valence-corrected chi connectivity index (χ3v) is 7.15. The summed E-state index contributed by atoms with van der Waals surface area (Å²) in [7, 11) is 1.52. The Balaban J connectivity index is 1.33. The summed E-state index contributed by atoms with van der Waals surface area (Å²) in [5, 5.41) is 12.5. The van der Waals surface area contributed by atoms with Crippen molar-refractivity contribution in [1.82, 2.24) is 0 Å². The van der Waals surface area contributed by atoms with Crippen LogP contribution >= 0.6 is 0 Å². The summed E-state index contributed by atoms with van der Waals surface area (Å²) in [5.41, 5.74) is 2.97. The van der Waals surface area contributed by atoms with Crippen LogP contribution in [0.2, 0.25) is 0 Å². The molecule has 3 aromatic carbocycles. The van der Waals surface area contributed by atoms with Gasteiger partial charge in [0.2, 0.25) is 0 Å². The molecule has 3 aromatic rings. The normalized spacial score (nSPS) is 15.8. The minimum absolute atomic E-state index is 0.0273. The van der Waals surface area contributed by atoms with Crippen LogP contribution < -0.4 is 24.6 Å². The highest BCUT2D eigenvalue weighted by Crippen LogP contribution is 2.33. The van der Waals surface area contributed by atoms with E-state index in [9.17, 15) is 18.8 Å². The molecule has 5 rings (SSSR count). The lowest BCUT2D eigenvalue weighted by molar-refractivity contribution is 0.102. The van der Waals surface area contributed by atoms with Crippen LogP contribution in [0.3, 0.4) is 0 Å². The zero-order valence-electron chi connectivity index (χ0n) is 22.2. The lowest BCUT2D eigenvalue weighted by atomic mass is 10.0. The lowest BCUT2D eigenvalue weighted by Gasteiger charge is -2.35. The molecule has 208 valence electrons. The Morgan fingerprint density at radius 3 is 2.42 bits per heavy atom. The molecular weight excluding hydrogens is 518 g/mol. The molecule has 2 aliphatic rings. The highest BCUT2D eigenvalue weighted by Gasteiger charge is 2.25. The molecule has 0 atom stereocenters. The van der Waals surface area contributed by atoms with Gasteiger partial charge in [-0.1, -0.05) is 0 Å². The third-order valence-electron chi connectivity index (χ3n) is 7.15. The van der Waals surface area contributed by atoms with Crippen molar-refractivity contribution in [2.24, 2.45) is 0 Å². The molecule has 2 saturated heterocycles. The first-order chi connectivity index (χ1) is 19.4. The number of nitrogens with one attached hydrogen (secondary N) is 1. The predicted octanol–water partition coefficient (Wildman–Crippen LogP) is 4.98. The van der Waals surface area contributed by atoms with E-state index >= 15 is 0 Å². The van der Waals surface area contributed by atoms with E-state index in [-0.39, 0.29) is 17.8 Å².